The largest absolute Gasteiger partial charge is 0.497 e. The van der Waals surface area contributed by atoms with Gasteiger partial charge in [-0.25, -0.2) is 0 Å². The monoisotopic (exact) mass is 279 g/mol. The van der Waals surface area contributed by atoms with Crippen molar-refractivity contribution in [3.63, 3.8) is 0 Å². The number of hydrogen-bond donors (Lipinski definition) is 2. The van der Waals surface area contributed by atoms with Crippen LogP contribution in [-0.4, -0.2) is 31.5 Å². The summed E-state index contributed by atoms with van der Waals surface area (Å²) in [6.07, 6.45) is -4.94. The molecule has 1 rings (SSSR count). The Morgan fingerprint density at radius 1 is 1.21 bits per heavy atom. The Labute approximate surface area is 108 Å². The molecule has 0 bridgehead atoms. The first kappa shape index (κ1) is 15.6. The lowest BCUT2D eigenvalue weighted by Gasteiger charge is -2.35. The first-order valence-electron chi connectivity index (χ1n) is 5.45. The molecule has 4 nitrogen and oxygen atoms in total. The Morgan fingerprint density at radius 3 is 2.16 bits per heavy atom. The van der Waals surface area contributed by atoms with Crippen LogP contribution in [0.5, 0.6) is 11.5 Å². The number of benzene rings is 1. The lowest BCUT2D eigenvalue weighted by Crippen LogP contribution is -2.54. The smallest absolute Gasteiger partial charge is 0.423 e. The molecule has 0 amide bonds. The number of halogens is 3. The molecule has 2 atom stereocenters. The van der Waals surface area contributed by atoms with E-state index < -0.39 is 23.4 Å². The summed E-state index contributed by atoms with van der Waals surface area (Å²) in [6, 6.07) is 2.21. The molecule has 0 heterocycles. The molecule has 0 radical (unpaired) electrons. The Balaban J connectivity index is 3.54. The first-order valence-corrected chi connectivity index (χ1v) is 5.45. The van der Waals surface area contributed by atoms with Crippen molar-refractivity contribution < 1.29 is 27.8 Å². The SMILES string of the molecule is COc1ccc(OC)c(C(O)(C(C)N)C(F)(F)F)c1. The third kappa shape index (κ3) is 2.62. The Morgan fingerprint density at radius 2 is 1.79 bits per heavy atom. The van der Waals surface area contributed by atoms with Crippen LogP contribution in [-0.2, 0) is 5.60 Å². The molecule has 1 aromatic carbocycles. The van der Waals surface area contributed by atoms with E-state index in [-0.39, 0.29) is 11.5 Å². The molecular formula is C12H16F3NO3. The van der Waals surface area contributed by atoms with E-state index in [9.17, 15) is 18.3 Å². The topological polar surface area (TPSA) is 64.7 Å². The van der Waals surface area contributed by atoms with E-state index in [1.165, 1.54) is 26.4 Å². The minimum atomic E-state index is -4.94. The molecule has 0 aliphatic carbocycles. The minimum absolute atomic E-state index is 0.113. The van der Waals surface area contributed by atoms with Gasteiger partial charge in [-0.05, 0) is 25.1 Å². The zero-order chi connectivity index (χ0) is 14.8. The number of ether oxygens (including phenoxy) is 2. The van der Waals surface area contributed by atoms with Gasteiger partial charge in [0.25, 0.3) is 0 Å². The zero-order valence-electron chi connectivity index (χ0n) is 10.8. The van der Waals surface area contributed by atoms with Crippen molar-refractivity contribution in [1.82, 2.24) is 0 Å². The van der Waals surface area contributed by atoms with Crippen molar-refractivity contribution in [3.05, 3.63) is 23.8 Å². The fourth-order valence-electron chi connectivity index (χ4n) is 1.77. The maximum atomic E-state index is 13.2. The summed E-state index contributed by atoms with van der Waals surface area (Å²) in [5, 5.41) is 10.0. The Bertz CT molecular complexity index is 448. The van der Waals surface area contributed by atoms with E-state index in [0.29, 0.717) is 0 Å². The molecule has 0 aliphatic heterocycles. The summed E-state index contributed by atoms with van der Waals surface area (Å²) >= 11 is 0. The molecule has 7 heteroatoms. The van der Waals surface area contributed by atoms with Gasteiger partial charge in [-0.2, -0.15) is 13.2 Å². The molecule has 3 N–H and O–H groups in total. The van der Waals surface area contributed by atoms with E-state index in [1.807, 2.05) is 0 Å². The number of hydrogen-bond acceptors (Lipinski definition) is 4. The van der Waals surface area contributed by atoms with Gasteiger partial charge in [0.05, 0.1) is 14.2 Å². The van der Waals surface area contributed by atoms with Crippen LogP contribution < -0.4 is 15.2 Å². The average molecular weight is 279 g/mol. The van der Waals surface area contributed by atoms with E-state index >= 15 is 0 Å². The number of rotatable bonds is 4. The van der Waals surface area contributed by atoms with Crippen molar-refractivity contribution in [2.24, 2.45) is 5.73 Å². The molecule has 108 valence electrons. The van der Waals surface area contributed by atoms with Gasteiger partial charge < -0.3 is 20.3 Å². The number of nitrogens with two attached hydrogens (primary N) is 1. The molecule has 0 saturated heterocycles. The standard InChI is InChI=1S/C12H16F3NO3/c1-7(16)11(17,12(13,14)15)9-6-8(18-2)4-5-10(9)19-3/h4-7,17H,16H2,1-3H3. The van der Waals surface area contributed by atoms with Crippen LogP contribution >= 0.6 is 0 Å². The lowest BCUT2D eigenvalue weighted by atomic mass is 9.86. The summed E-state index contributed by atoms with van der Waals surface area (Å²) in [4.78, 5) is 0. The van der Waals surface area contributed by atoms with Crippen molar-refractivity contribution in [3.8, 4) is 11.5 Å². The average Bonchev–Trinajstić information content (AvgIpc) is 2.35. The number of alkyl halides is 3. The van der Waals surface area contributed by atoms with Crippen LogP contribution in [0.4, 0.5) is 13.2 Å². The van der Waals surface area contributed by atoms with Crippen molar-refractivity contribution in [1.29, 1.82) is 0 Å². The highest BCUT2D eigenvalue weighted by Gasteiger charge is 2.58. The maximum absolute atomic E-state index is 13.2. The second-order valence-electron chi connectivity index (χ2n) is 4.12. The van der Waals surface area contributed by atoms with Crippen LogP contribution in [0.15, 0.2) is 18.2 Å². The minimum Gasteiger partial charge on any atom is -0.497 e. The Hall–Kier alpha value is -1.47. The number of methoxy groups -OCH3 is 2. The molecule has 2 unspecified atom stereocenters. The van der Waals surface area contributed by atoms with Crippen LogP contribution in [0.2, 0.25) is 0 Å². The third-order valence-corrected chi connectivity index (χ3v) is 2.91. The molecule has 0 saturated carbocycles. The summed E-state index contributed by atoms with van der Waals surface area (Å²) in [5.74, 6) is 0.0528. The van der Waals surface area contributed by atoms with Gasteiger partial charge in [-0.15, -0.1) is 0 Å². The lowest BCUT2D eigenvalue weighted by molar-refractivity contribution is -0.273. The van der Waals surface area contributed by atoms with Crippen LogP contribution in [0, 0.1) is 0 Å². The molecule has 0 spiro atoms. The highest BCUT2D eigenvalue weighted by atomic mass is 19.4. The fraction of sp³-hybridized carbons (Fsp3) is 0.500. The van der Waals surface area contributed by atoms with Crippen LogP contribution in [0.25, 0.3) is 0 Å². The molecule has 1 aromatic rings. The van der Waals surface area contributed by atoms with Gasteiger partial charge in [-0.1, -0.05) is 0 Å². The van der Waals surface area contributed by atoms with Gasteiger partial charge in [0.15, 0.2) is 0 Å². The normalized spacial score (nSPS) is 16.6. The van der Waals surface area contributed by atoms with Crippen LogP contribution in [0.1, 0.15) is 12.5 Å². The van der Waals surface area contributed by atoms with Gasteiger partial charge in [-0.3, -0.25) is 0 Å². The van der Waals surface area contributed by atoms with Gasteiger partial charge >= 0.3 is 6.18 Å². The van der Waals surface area contributed by atoms with Crippen molar-refractivity contribution >= 4 is 0 Å². The second kappa shape index (κ2) is 5.26. The third-order valence-electron chi connectivity index (χ3n) is 2.91. The van der Waals surface area contributed by atoms with Gasteiger partial charge in [0, 0.05) is 11.6 Å². The van der Waals surface area contributed by atoms with E-state index in [4.69, 9.17) is 15.2 Å². The summed E-state index contributed by atoms with van der Waals surface area (Å²) in [5.41, 5.74) is 1.65. The van der Waals surface area contributed by atoms with Gasteiger partial charge in [0.1, 0.15) is 11.5 Å². The predicted octanol–water partition coefficient (Wildman–Crippen LogP) is 1.80. The molecule has 0 aromatic heterocycles. The van der Waals surface area contributed by atoms with Crippen LogP contribution in [0.3, 0.4) is 0 Å². The van der Waals surface area contributed by atoms with E-state index in [2.05, 4.69) is 0 Å². The second-order valence-corrected chi connectivity index (χ2v) is 4.12. The summed E-state index contributed by atoms with van der Waals surface area (Å²) in [7, 11) is 2.52. The Kier molecular flexibility index (Phi) is 4.32. The quantitative estimate of drug-likeness (QED) is 0.882. The van der Waals surface area contributed by atoms with E-state index in [0.717, 1.165) is 13.0 Å². The molecule has 19 heavy (non-hydrogen) atoms. The molecule has 0 fully saturated rings. The maximum Gasteiger partial charge on any atom is 0.423 e. The van der Waals surface area contributed by atoms with E-state index in [1.54, 1.807) is 0 Å². The van der Waals surface area contributed by atoms with Crippen molar-refractivity contribution in [2.75, 3.05) is 14.2 Å². The fourth-order valence-corrected chi connectivity index (χ4v) is 1.77. The molecular weight excluding hydrogens is 263 g/mol. The highest BCUT2D eigenvalue weighted by molar-refractivity contribution is 5.45. The van der Waals surface area contributed by atoms with Gasteiger partial charge in [0.2, 0.25) is 5.60 Å². The molecule has 0 aliphatic rings. The predicted molar refractivity (Wildman–Crippen MR) is 63.1 cm³/mol. The zero-order valence-corrected chi connectivity index (χ0v) is 10.8. The summed E-state index contributed by atoms with van der Waals surface area (Å²) < 4.78 is 49.2. The first-order chi connectivity index (χ1) is 8.68. The van der Waals surface area contributed by atoms with Crippen molar-refractivity contribution in [2.45, 2.75) is 24.7 Å². The summed E-state index contributed by atoms with van der Waals surface area (Å²) in [6.45, 7) is 1.08. The highest BCUT2D eigenvalue weighted by Crippen LogP contribution is 2.45. The number of aliphatic hydroxyl groups is 1.